The Morgan fingerprint density at radius 1 is 1.14 bits per heavy atom. The Kier molecular flexibility index (Phi) is 5.96. The molecule has 0 aliphatic rings. The molecule has 0 bridgehead atoms. The molecule has 0 saturated carbocycles. The van der Waals surface area contributed by atoms with Crippen LogP contribution in [-0.4, -0.2) is 39.6 Å². The number of aromatic nitrogens is 3. The van der Waals surface area contributed by atoms with E-state index in [1.54, 1.807) is 42.8 Å². The molecular weight excluding hydrogens is 370 g/mol. The van der Waals surface area contributed by atoms with Crippen molar-refractivity contribution in [3.05, 3.63) is 58.5 Å². The molecule has 0 spiro atoms. The summed E-state index contributed by atoms with van der Waals surface area (Å²) in [5.41, 5.74) is 4.94. The highest BCUT2D eigenvalue weighted by Crippen LogP contribution is 2.18. The average Bonchev–Trinajstić information content (AvgIpc) is 3.07. The number of nitrogens with zero attached hydrogens (tertiary/aromatic N) is 3. The fourth-order valence-corrected chi connectivity index (χ4v) is 3.33. The minimum atomic E-state index is -0.854. The van der Waals surface area contributed by atoms with Gasteiger partial charge in [0, 0.05) is 29.4 Å². The molecule has 7 heteroatoms. The highest BCUT2D eigenvalue weighted by Gasteiger charge is 2.20. The van der Waals surface area contributed by atoms with Gasteiger partial charge in [-0.2, -0.15) is 5.10 Å². The van der Waals surface area contributed by atoms with Crippen molar-refractivity contribution < 1.29 is 19.1 Å². The maximum Gasteiger partial charge on any atom is 0.306 e. The molecule has 3 rings (SSSR count). The van der Waals surface area contributed by atoms with E-state index in [4.69, 9.17) is 9.47 Å². The summed E-state index contributed by atoms with van der Waals surface area (Å²) in [6.07, 6.45) is -0.218. The van der Waals surface area contributed by atoms with E-state index in [0.717, 1.165) is 28.3 Å². The van der Waals surface area contributed by atoms with Crippen molar-refractivity contribution >= 4 is 17.4 Å². The maximum atomic E-state index is 12.5. The first-order valence-corrected chi connectivity index (χ1v) is 9.50. The number of carbonyl (C=O) groups excluding carboxylic acids is 2. The third kappa shape index (κ3) is 4.45. The summed E-state index contributed by atoms with van der Waals surface area (Å²) in [7, 11) is 1.56. The number of ether oxygens (including phenoxy) is 2. The van der Waals surface area contributed by atoms with Crippen LogP contribution in [0.5, 0.6) is 5.75 Å². The molecule has 0 saturated heterocycles. The number of fused-ring (bicyclic) bond motifs is 1. The first-order chi connectivity index (χ1) is 13.8. The minimum absolute atomic E-state index is 0.162. The Morgan fingerprint density at radius 2 is 1.83 bits per heavy atom. The molecule has 152 valence electrons. The second-order valence-corrected chi connectivity index (χ2v) is 7.04. The lowest BCUT2D eigenvalue weighted by Gasteiger charge is -2.14. The largest absolute Gasteiger partial charge is 0.497 e. The lowest BCUT2D eigenvalue weighted by atomic mass is 10.1. The zero-order chi connectivity index (χ0) is 21.1. The molecule has 1 atom stereocenters. The van der Waals surface area contributed by atoms with Gasteiger partial charge in [0.05, 0.1) is 12.8 Å². The van der Waals surface area contributed by atoms with Crippen LogP contribution in [0.4, 0.5) is 0 Å². The number of Topliss-reactive ketones (excluding diaryl/α,β-unsaturated/α-hetero) is 1. The van der Waals surface area contributed by atoms with Crippen molar-refractivity contribution in [2.75, 3.05) is 7.11 Å². The van der Waals surface area contributed by atoms with E-state index in [-0.39, 0.29) is 12.2 Å². The minimum Gasteiger partial charge on any atom is -0.497 e. The maximum absolute atomic E-state index is 12.5. The molecular formula is C22H25N3O4. The van der Waals surface area contributed by atoms with Crippen LogP contribution in [0.3, 0.4) is 0 Å². The fourth-order valence-electron chi connectivity index (χ4n) is 3.33. The highest BCUT2D eigenvalue weighted by molar-refractivity contribution is 6.00. The number of rotatable bonds is 7. The summed E-state index contributed by atoms with van der Waals surface area (Å²) in [6.45, 7) is 7.39. The summed E-state index contributed by atoms with van der Waals surface area (Å²) in [4.78, 5) is 29.3. The smallest absolute Gasteiger partial charge is 0.306 e. The molecule has 2 aromatic heterocycles. The summed E-state index contributed by atoms with van der Waals surface area (Å²) in [5.74, 6) is -0.00624. The van der Waals surface area contributed by atoms with Gasteiger partial charge in [-0.25, -0.2) is 9.50 Å². The lowest BCUT2D eigenvalue weighted by molar-refractivity contribution is -0.146. The van der Waals surface area contributed by atoms with Crippen LogP contribution >= 0.6 is 0 Å². The predicted molar refractivity (Wildman–Crippen MR) is 108 cm³/mol. The standard InChI is InChI=1S/C22H25N3O4/c1-13-12-20-23-14(2)19(15(3)25(20)24-13)10-11-21(26)29-16(4)22(27)17-6-8-18(28-5)9-7-17/h6-9,12,16H,10-11H2,1-5H3/t16-/m0/s1. The monoisotopic (exact) mass is 395 g/mol. The first kappa shape index (κ1) is 20.5. The molecule has 7 nitrogen and oxygen atoms in total. The van der Waals surface area contributed by atoms with E-state index in [1.807, 2.05) is 26.8 Å². The van der Waals surface area contributed by atoms with Gasteiger partial charge >= 0.3 is 5.97 Å². The Morgan fingerprint density at radius 3 is 2.48 bits per heavy atom. The summed E-state index contributed by atoms with van der Waals surface area (Å²) < 4.78 is 12.2. The van der Waals surface area contributed by atoms with Crippen LogP contribution in [0.25, 0.3) is 5.65 Å². The van der Waals surface area contributed by atoms with Crippen molar-refractivity contribution in [3.8, 4) is 5.75 Å². The average molecular weight is 395 g/mol. The summed E-state index contributed by atoms with van der Waals surface area (Å²) in [5, 5.41) is 4.44. The van der Waals surface area contributed by atoms with E-state index < -0.39 is 12.1 Å². The molecule has 0 aliphatic heterocycles. The second-order valence-electron chi connectivity index (χ2n) is 7.04. The quantitative estimate of drug-likeness (QED) is 0.450. The zero-order valence-electron chi connectivity index (χ0n) is 17.4. The molecule has 0 radical (unpaired) electrons. The SMILES string of the molecule is COc1ccc(C(=O)[C@H](C)OC(=O)CCc2c(C)nc3cc(C)nn3c2C)cc1. The van der Waals surface area contributed by atoms with Crippen molar-refractivity contribution in [1.29, 1.82) is 0 Å². The van der Waals surface area contributed by atoms with Crippen molar-refractivity contribution in [3.63, 3.8) is 0 Å². The van der Waals surface area contributed by atoms with Crippen molar-refractivity contribution in [2.45, 2.75) is 46.6 Å². The van der Waals surface area contributed by atoms with E-state index >= 15 is 0 Å². The van der Waals surface area contributed by atoms with Crippen LogP contribution < -0.4 is 4.74 Å². The Balaban J connectivity index is 1.63. The van der Waals surface area contributed by atoms with Gasteiger partial charge in [-0.1, -0.05) is 0 Å². The summed E-state index contributed by atoms with van der Waals surface area (Å²) >= 11 is 0. The van der Waals surface area contributed by atoms with Gasteiger partial charge in [-0.05, 0) is 63.9 Å². The highest BCUT2D eigenvalue weighted by atomic mass is 16.5. The van der Waals surface area contributed by atoms with Crippen LogP contribution in [-0.2, 0) is 16.0 Å². The number of carbonyl (C=O) groups is 2. The molecule has 0 fully saturated rings. The number of esters is 1. The molecule has 0 amide bonds. The molecule has 3 aromatic rings. The molecule has 2 heterocycles. The van der Waals surface area contributed by atoms with Gasteiger partial charge < -0.3 is 9.47 Å². The number of benzene rings is 1. The van der Waals surface area contributed by atoms with E-state index in [1.165, 1.54) is 0 Å². The van der Waals surface area contributed by atoms with Crippen LogP contribution in [0.15, 0.2) is 30.3 Å². The zero-order valence-corrected chi connectivity index (χ0v) is 17.4. The third-order valence-electron chi connectivity index (χ3n) is 4.92. The van der Waals surface area contributed by atoms with E-state index in [2.05, 4.69) is 10.1 Å². The number of aryl methyl sites for hydroxylation is 3. The predicted octanol–water partition coefficient (Wildman–Crippen LogP) is 3.41. The Bertz CT molecular complexity index is 1050. The van der Waals surface area contributed by atoms with E-state index in [9.17, 15) is 9.59 Å². The number of ketones is 1. The topological polar surface area (TPSA) is 82.8 Å². The first-order valence-electron chi connectivity index (χ1n) is 9.50. The fraction of sp³-hybridized carbons (Fsp3) is 0.364. The van der Waals surface area contributed by atoms with Gasteiger partial charge in [0.15, 0.2) is 11.8 Å². The van der Waals surface area contributed by atoms with Crippen molar-refractivity contribution in [2.24, 2.45) is 0 Å². The number of hydrogen-bond donors (Lipinski definition) is 0. The Hall–Kier alpha value is -3.22. The number of hydrogen-bond acceptors (Lipinski definition) is 6. The molecule has 29 heavy (non-hydrogen) atoms. The van der Waals surface area contributed by atoms with Crippen LogP contribution in [0, 0.1) is 20.8 Å². The van der Waals surface area contributed by atoms with Crippen LogP contribution in [0.1, 0.15) is 46.3 Å². The number of methoxy groups -OCH3 is 1. The molecule has 0 N–H and O–H groups in total. The van der Waals surface area contributed by atoms with Gasteiger partial charge in [-0.3, -0.25) is 9.59 Å². The van der Waals surface area contributed by atoms with Gasteiger partial charge in [0.1, 0.15) is 5.75 Å². The summed E-state index contributed by atoms with van der Waals surface area (Å²) in [6, 6.07) is 8.64. The van der Waals surface area contributed by atoms with Gasteiger partial charge in [0.2, 0.25) is 5.78 Å². The second kappa shape index (κ2) is 8.43. The molecule has 1 aromatic carbocycles. The van der Waals surface area contributed by atoms with Crippen LogP contribution in [0.2, 0.25) is 0 Å². The van der Waals surface area contributed by atoms with E-state index in [0.29, 0.717) is 17.7 Å². The van der Waals surface area contributed by atoms with Gasteiger partial charge in [-0.15, -0.1) is 0 Å². The third-order valence-corrected chi connectivity index (χ3v) is 4.92. The lowest BCUT2D eigenvalue weighted by Crippen LogP contribution is -2.24. The van der Waals surface area contributed by atoms with Crippen molar-refractivity contribution in [1.82, 2.24) is 14.6 Å². The molecule has 0 unspecified atom stereocenters. The Labute approximate surface area is 169 Å². The normalized spacial score (nSPS) is 12.0. The van der Waals surface area contributed by atoms with Gasteiger partial charge in [0.25, 0.3) is 0 Å². The molecule has 0 aliphatic carbocycles.